The Morgan fingerprint density at radius 1 is 0.264 bits per heavy atom. The predicted octanol–water partition coefficient (Wildman–Crippen LogP) is 8.11. The van der Waals surface area contributed by atoms with Crippen LogP contribution in [0.4, 0.5) is 0 Å². The summed E-state index contributed by atoms with van der Waals surface area (Å²) in [5, 5.41) is 44.3. The predicted molar refractivity (Wildman–Crippen MR) is 214 cm³/mol. The summed E-state index contributed by atoms with van der Waals surface area (Å²) in [7, 11) is 0. The van der Waals surface area contributed by atoms with Gasteiger partial charge in [-0.25, -0.2) is 0 Å². The summed E-state index contributed by atoms with van der Waals surface area (Å²) in [5.74, 6) is -3.40. The molecule has 0 unspecified atom stereocenters. The Kier molecular flexibility index (Phi) is 41.7. The minimum atomic E-state index is -0.849. The van der Waals surface area contributed by atoms with Crippen molar-refractivity contribution in [1.82, 2.24) is 0 Å². The maximum Gasteiger partial charge on any atom is 4.00 e. The van der Waals surface area contributed by atoms with E-state index in [4.69, 9.17) is 0 Å². The molecule has 8 nitrogen and oxygen atoms in total. The first kappa shape index (κ1) is 60.9. The topological polar surface area (TPSA) is 161 Å². The van der Waals surface area contributed by atoms with E-state index in [-0.39, 0.29) is 23.9 Å². The molecule has 0 spiro atoms. The average molecular weight is 860 g/mol. The van der Waals surface area contributed by atoms with E-state index >= 15 is 0 Å². The summed E-state index contributed by atoms with van der Waals surface area (Å²) in [6.07, 6.45) is 20.2. The van der Waals surface area contributed by atoms with Crippen LogP contribution in [0.15, 0.2) is 0 Å². The number of hydrogen-bond donors (Lipinski definition) is 0. The first-order valence-electron chi connectivity index (χ1n) is 21.4. The number of carboxylic acid groups (broad SMARTS) is 4. The molecule has 0 saturated carbocycles. The van der Waals surface area contributed by atoms with Crippen LogP contribution in [0, 0.1) is 21.7 Å². The van der Waals surface area contributed by atoms with E-state index in [9.17, 15) is 39.6 Å². The van der Waals surface area contributed by atoms with Crippen molar-refractivity contribution in [1.29, 1.82) is 0 Å². The van der Waals surface area contributed by atoms with Gasteiger partial charge < -0.3 is 39.6 Å². The van der Waals surface area contributed by atoms with Crippen molar-refractivity contribution in [2.45, 2.75) is 237 Å². The summed E-state index contributed by atoms with van der Waals surface area (Å²) in [6.45, 7) is 24.4. The molecule has 0 rings (SSSR count). The van der Waals surface area contributed by atoms with Gasteiger partial charge in [0.2, 0.25) is 0 Å². The van der Waals surface area contributed by atoms with E-state index in [0.717, 1.165) is 154 Å². The van der Waals surface area contributed by atoms with Crippen LogP contribution < -0.4 is 20.4 Å². The molecule has 0 aliphatic heterocycles. The molecule has 53 heavy (non-hydrogen) atoms. The Balaban J connectivity index is -0.000000192. The maximum atomic E-state index is 11.1. The van der Waals surface area contributed by atoms with Crippen LogP contribution in [0.25, 0.3) is 0 Å². The van der Waals surface area contributed by atoms with Crippen molar-refractivity contribution in [3.63, 3.8) is 0 Å². The minimum Gasteiger partial charge on any atom is -0.550 e. The van der Waals surface area contributed by atoms with E-state index in [0.29, 0.717) is 0 Å². The van der Waals surface area contributed by atoms with Crippen LogP contribution in [-0.2, 0) is 19.2 Å². The van der Waals surface area contributed by atoms with E-state index < -0.39 is 45.5 Å². The van der Waals surface area contributed by atoms with Gasteiger partial charge in [0.15, 0.2) is 0 Å². The summed E-state index contributed by atoms with van der Waals surface area (Å²) in [4.78, 5) is 44.3. The average Bonchev–Trinajstić information content (AvgIpc) is 3.06. The Morgan fingerprint density at radius 2 is 0.340 bits per heavy atom. The van der Waals surface area contributed by atoms with Crippen LogP contribution in [0.2, 0.25) is 0 Å². The van der Waals surface area contributed by atoms with Gasteiger partial charge in [0, 0.05) is 45.5 Å². The van der Waals surface area contributed by atoms with Crippen molar-refractivity contribution in [3.05, 3.63) is 0 Å². The van der Waals surface area contributed by atoms with Crippen molar-refractivity contribution in [3.8, 4) is 0 Å². The molecule has 0 heterocycles. The van der Waals surface area contributed by atoms with Crippen molar-refractivity contribution in [2.24, 2.45) is 21.7 Å². The first-order chi connectivity index (χ1) is 24.5. The number of aliphatic carboxylic acids is 4. The normalized spacial score (nSPS) is 11.4. The van der Waals surface area contributed by atoms with Gasteiger partial charge in [0.05, 0.1) is 0 Å². The van der Waals surface area contributed by atoms with E-state index in [1.807, 2.05) is 83.1 Å². The summed E-state index contributed by atoms with van der Waals surface area (Å²) in [6, 6.07) is 0. The molecular weight excluding hydrogens is 775 g/mol. The molecule has 312 valence electrons. The quantitative estimate of drug-likeness (QED) is 0.0714. The monoisotopic (exact) mass is 861 g/mol. The van der Waals surface area contributed by atoms with Crippen LogP contribution in [0.5, 0.6) is 0 Å². The second kappa shape index (κ2) is 36.3. The maximum absolute atomic E-state index is 11.1. The number of carboxylic acids is 4. The molecule has 0 aromatic rings. The zero-order valence-electron chi connectivity index (χ0n) is 36.7. The van der Waals surface area contributed by atoms with Crippen LogP contribution in [0.1, 0.15) is 237 Å². The van der Waals surface area contributed by atoms with E-state index in [1.165, 1.54) is 0 Å². The molecule has 0 aromatic heterocycles. The fourth-order valence-corrected chi connectivity index (χ4v) is 8.47. The molecule has 0 N–H and O–H groups in total. The van der Waals surface area contributed by atoms with Crippen molar-refractivity contribution >= 4 is 47.8 Å². The van der Waals surface area contributed by atoms with Crippen LogP contribution >= 0.6 is 0 Å². The van der Waals surface area contributed by atoms with Crippen molar-refractivity contribution < 1.29 is 39.6 Å². The molecule has 0 saturated heterocycles. The Morgan fingerprint density at radius 3 is 0.377 bits per heavy atom. The Bertz CT molecular complexity index is 692. The minimum absolute atomic E-state index is 0. The number of hydrogen-bond acceptors (Lipinski definition) is 8. The van der Waals surface area contributed by atoms with Crippen LogP contribution in [-0.4, -0.2) is 47.8 Å². The third kappa shape index (κ3) is 24.0. The van der Waals surface area contributed by atoms with Gasteiger partial charge in [0.1, 0.15) is 0 Å². The molecule has 0 aromatic carbocycles. The molecule has 0 bridgehead atoms. The van der Waals surface area contributed by atoms with Gasteiger partial charge in [-0.15, -0.1) is 0 Å². The molecular formula is C44H84O8Sn. The van der Waals surface area contributed by atoms with Crippen LogP contribution in [0.3, 0.4) is 0 Å². The van der Waals surface area contributed by atoms with E-state index in [1.54, 1.807) is 0 Å². The molecule has 0 aliphatic carbocycles. The zero-order valence-corrected chi connectivity index (χ0v) is 39.6. The van der Waals surface area contributed by atoms with Gasteiger partial charge in [-0.2, -0.15) is 0 Å². The van der Waals surface area contributed by atoms with Gasteiger partial charge in [-0.05, 0) is 77.0 Å². The molecule has 9 heteroatoms. The summed E-state index contributed by atoms with van der Waals surface area (Å²) < 4.78 is 0. The molecule has 0 aliphatic rings. The Labute approximate surface area is 344 Å². The van der Waals surface area contributed by atoms with Gasteiger partial charge in [0.25, 0.3) is 0 Å². The fourth-order valence-electron chi connectivity index (χ4n) is 8.47. The molecule has 0 amide bonds. The van der Waals surface area contributed by atoms with E-state index in [2.05, 4.69) is 0 Å². The second-order valence-corrected chi connectivity index (χ2v) is 15.3. The Hall–Kier alpha value is -1.32. The fraction of sp³-hybridized carbons (Fsp3) is 0.909. The van der Waals surface area contributed by atoms with Gasteiger partial charge >= 0.3 is 23.9 Å². The molecule has 0 fully saturated rings. The molecule has 0 radical (unpaired) electrons. The number of carbonyl (C=O) groups is 4. The zero-order chi connectivity index (χ0) is 41.3. The van der Waals surface area contributed by atoms with Gasteiger partial charge in [-0.1, -0.05) is 160 Å². The standard InChI is InChI=1S/4C11H22O2.Sn/c4*1-4-7-11(8-5-2,9-6-3)10(12)13;/h4*4-9H2,1-3H3,(H,12,13);/q;;;;+4/p-4. The SMILES string of the molecule is CCCC(CCC)(CCC)C(=O)[O-].CCCC(CCC)(CCC)C(=O)[O-].CCCC(CCC)(CCC)C(=O)[O-].CCCC(CCC)(CCC)C(=O)[O-].[Sn+4]. The second-order valence-electron chi connectivity index (χ2n) is 15.3. The van der Waals surface area contributed by atoms with Crippen molar-refractivity contribution in [2.75, 3.05) is 0 Å². The third-order valence-electron chi connectivity index (χ3n) is 10.5. The number of carbonyl (C=O) groups excluding carboxylic acids is 4. The molecule has 0 atom stereocenters. The number of rotatable bonds is 28. The van der Waals surface area contributed by atoms with Gasteiger partial charge in [-0.3, -0.25) is 0 Å². The smallest absolute Gasteiger partial charge is 0.550 e. The third-order valence-corrected chi connectivity index (χ3v) is 10.5. The summed E-state index contributed by atoms with van der Waals surface area (Å²) >= 11 is 0. The largest absolute Gasteiger partial charge is 4.00 e. The first-order valence-corrected chi connectivity index (χ1v) is 21.4. The summed E-state index contributed by atoms with van der Waals surface area (Å²) in [5.41, 5.74) is -2.17.